The number of carbonyl (C=O) groups excluding carboxylic acids is 3. The van der Waals surface area contributed by atoms with Crippen LogP contribution in [0.15, 0.2) is 41.0 Å². The number of ether oxygens (including phenoxy) is 1. The highest BCUT2D eigenvalue weighted by molar-refractivity contribution is 5.92. The third-order valence-electron chi connectivity index (χ3n) is 6.25. The summed E-state index contributed by atoms with van der Waals surface area (Å²) in [6.45, 7) is 2.29. The molecule has 184 valence electrons. The summed E-state index contributed by atoms with van der Waals surface area (Å²) in [4.78, 5) is 39.0. The number of furan rings is 1. The Bertz CT molecular complexity index is 1160. The summed E-state index contributed by atoms with van der Waals surface area (Å²) < 4.78 is 25.4. The van der Waals surface area contributed by atoms with Gasteiger partial charge in [0.15, 0.2) is 5.76 Å². The van der Waals surface area contributed by atoms with Crippen molar-refractivity contribution in [1.29, 1.82) is 5.26 Å². The summed E-state index contributed by atoms with van der Waals surface area (Å²) in [5.41, 5.74) is -0.607. The molecule has 35 heavy (non-hydrogen) atoms. The Morgan fingerprint density at radius 2 is 2.09 bits per heavy atom. The molecule has 4 rings (SSSR count). The minimum absolute atomic E-state index is 0.0333. The van der Waals surface area contributed by atoms with Crippen molar-refractivity contribution < 1.29 is 27.9 Å². The maximum Gasteiger partial charge on any atom is 0.414 e. The Hall–Kier alpha value is -4.11. The molecule has 2 saturated heterocycles. The van der Waals surface area contributed by atoms with E-state index >= 15 is 4.39 Å². The second-order valence-electron chi connectivity index (χ2n) is 8.47. The number of piperidine rings is 1. The van der Waals surface area contributed by atoms with Crippen LogP contribution in [0, 0.1) is 17.1 Å². The molecule has 3 heterocycles. The molecule has 2 fully saturated rings. The molecule has 0 spiro atoms. The summed E-state index contributed by atoms with van der Waals surface area (Å²) in [5.74, 6) is 4.69. The summed E-state index contributed by atoms with van der Waals surface area (Å²) in [6.07, 6.45) is 0.612. The van der Waals surface area contributed by atoms with Gasteiger partial charge in [0.25, 0.3) is 0 Å². The zero-order valence-corrected chi connectivity index (χ0v) is 19.1. The molecule has 0 unspecified atom stereocenters. The summed E-state index contributed by atoms with van der Waals surface area (Å²) >= 11 is 0. The maximum atomic E-state index is 15.1. The van der Waals surface area contributed by atoms with Gasteiger partial charge in [0.05, 0.1) is 36.8 Å². The molecule has 3 amide bonds. The van der Waals surface area contributed by atoms with Gasteiger partial charge in [-0.1, -0.05) is 0 Å². The van der Waals surface area contributed by atoms with Crippen molar-refractivity contribution >= 4 is 29.3 Å². The number of benzene rings is 1. The number of carbonyl (C=O) groups is 3. The van der Waals surface area contributed by atoms with Crippen molar-refractivity contribution in [2.45, 2.75) is 31.4 Å². The first-order chi connectivity index (χ1) is 16.7. The number of nitrogens with two attached hydrogens (primary N) is 1. The van der Waals surface area contributed by atoms with Crippen LogP contribution in [0.25, 0.3) is 0 Å². The Morgan fingerprint density at radius 1 is 1.34 bits per heavy atom. The number of amides is 3. The minimum Gasteiger partial charge on any atom is -0.459 e. The van der Waals surface area contributed by atoms with Gasteiger partial charge in [-0.25, -0.2) is 15.0 Å². The highest BCUT2D eigenvalue weighted by Gasteiger charge is 2.43. The van der Waals surface area contributed by atoms with E-state index in [1.807, 2.05) is 0 Å². The average molecular weight is 484 g/mol. The van der Waals surface area contributed by atoms with Gasteiger partial charge in [0.2, 0.25) is 5.91 Å². The third kappa shape index (κ3) is 4.76. The van der Waals surface area contributed by atoms with Gasteiger partial charge in [-0.15, -0.1) is 0 Å². The Morgan fingerprint density at radius 3 is 2.69 bits per heavy atom. The van der Waals surface area contributed by atoms with E-state index < -0.39 is 29.5 Å². The number of hydrazine groups is 1. The van der Waals surface area contributed by atoms with E-state index in [9.17, 15) is 19.6 Å². The molecule has 1 aromatic heterocycles. The smallest absolute Gasteiger partial charge is 0.414 e. The predicted octanol–water partition coefficient (Wildman–Crippen LogP) is 1.76. The molecular formula is C23H25FN6O5. The summed E-state index contributed by atoms with van der Waals surface area (Å²) in [6, 6.07) is 9.60. The lowest BCUT2D eigenvalue weighted by Crippen LogP contribution is -2.59. The lowest BCUT2D eigenvalue weighted by Gasteiger charge is -2.42. The number of nitriles is 1. The highest BCUT2D eigenvalue weighted by Crippen LogP contribution is 2.33. The van der Waals surface area contributed by atoms with E-state index in [4.69, 9.17) is 15.0 Å². The fourth-order valence-electron chi connectivity index (χ4n) is 4.25. The van der Waals surface area contributed by atoms with Gasteiger partial charge in [-0.2, -0.15) is 5.26 Å². The molecule has 0 bridgehead atoms. The number of hydrogen-bond donors (Lipinski definition) is 2. The molecule has 12 heteroatoms. The third-order valence-corrected chi connectivity index (χ3v) is 6.25. The molecule has 1 aromatic carbocycles. The fourth-order valence-corrected chi connectivity index (χ4v) is 4.25. The molecule has 1 atom stereocenters. The number of rotatable bonds is 6. The number of hydrogen-bond acceptors (Lipinski definition) is 8. The van der Waals surface area contributed by atoms with Gasteiger partial charge in [0, 0.05) is 32.9 Å². The number of halogens is 1. The first-order valence-electron chi connectivity index (χ1n) is 11.1. The quantitative estimate of drug-likeness (QED) is 0.358. The molecular weight excluding hydrogens is 459 g/mol. The second-order valence-corrected chi connectivity index (χ2v) is 8.47. The van der Waals surface area contributed by atoms with E-state index in [0.29, 0.717) is 11.4 Å². The van der Waals surface area contributed by atoms with E-state index in [2.05, 4.69) is 11.4 Å². The van der Waals surface area contributed by atoms with Crippen LogP contribution >= 0.6 is 0 Å². The van der Waals surface area contributed by atoms with Crippen LogP contribution in [0.1, 0.15) is 30.3 Å². The van der Waals surface area contributed by atoms with Gasteiger partial charge in [-0.05, 0) is 30.3 Å². The number of cyclic esters (lactones) is 1. The van der Waals surface area contributed by atoms with Crippen molar-refractivity contribution in [3.63, 3.8) is 0 Å². The van der Waals surface area contributed by atoms with E-state index in [0.717, 1.165) is 5.01 Å². The van der Waals surface area contributed by atoms with Crippen LogP contribution in [0.2, 0.25) is 0 Å². The lowest BCUT2D eigenvalue weighted by molar-refractivity contribution is -0.119. The molecule has 0 aliphatic carbocycles. The van der Waals surface area contributed by atoms with Crippen molar-refractivity contribution in [3.05, 3.63) is 48.2 Å². The highest BCUT2D eigenvalue weighted by atomic mass is 19.1. The van der Waals surface area contributed by atoms with Gasteiger partial charge in [0.1, 0.15) is 17.5 Å². The Balaban J connectivity index is 1.42. The molecule has 2 aliphatic rings. The fraction of sp³-hybridized carbons (Fsp3) is 0.391. The SMILES string of the molecule is CC(=O)NC[C@H]1CN(c2ccc(N3CCC(C#N)(N(N)C(=O)c4ccco4)CC3)c(F)c2)C(=O)O1. The standard InChI is InChI=1S/C23H25FN6O5/c1-15(31)27-12-17-13-29(22(33)35-17)16-4-5-19(18(24)11-16)28-8-6-23(14-25,7-9-28)30(26)21(32)20-3-2-10-34-20/h2-5,10-11,17H,6-9,12-13,26H2,1H3,(H,27,31)/t17-/m0/s1. The number of nitrogens with one attached hydrogen (secondary N) is 1. The molecule has 3 N–H and O–H groups in total. The van der Waals surface area contributed by atoms with Crippen LogP contribution in [-0.4, -0.2) is 60.7 Å². The largest absolute Gasteiger partial charge is 0.459 e. The first-order valence-corrected chi connectivity index (χ1v) is 11.1. The van der Waals surface area contributed by atoms with Gasteiger partial charge in [-0.3, -0.25) is 19.5 Å². The van der Waals surface area contributed by atoms with Crippen molar-refractivity contribution in [2.24, 2.45) is 5.84 Å². The van der Waals surface area contributed by atoms with Crippen LogP contribution in [0.5, 0.6) is 0 Å². The minimum atomic E-state index is -1.25. The lowest BCUT2D eigenvalue weighted by atomic mass is 9.87. The van der Waals surface area contributed by atoms with Crippen molar-refractivity contribution in [3.8, 4) is 6.07 Å². The molecule has 0 radical (unpaired) electrons. The van der Waals surface area contributed by atoms with Gasteiger partial charge >= 0.3 is 12.0 Å². The van der Waals surface area contributed by atoms with Crippen LogP contribution < -0.4 is 21.0 Å². The van der Waals surface area contributed by atoms with E-state index in [1.54, 1.807) is 23.1 Å². The second kappa shape index (κ2) is 9.63. The number of anilines is 2. The molecule has 2 aromatic rings. The molecule has 11 nitrogen and oxygen atoms in total. The zero-order valence-electron chi connectivity index (χ0n) is 19.1. The van der Waals surface area contributed by atoms with Crippen molar-refractivity contribution in [1.82, 2.24) is 10.3 Å². The Labute approximate surface area is 200 Å². The summed E-state index contributed by atoms with van der Waals surface area (Å²) in [5, 5.41) is 13.3. The topological polar surface area (TPSA) is 145 Å². The molecule has 2 aliphatic heterocycles. The van der Waals surface area contributed by atoms with Crippen molar-refractivity contribution in [2.75, 3.05) is 36.0 Å². The van der Waals surface area contributed by atoms with Crippen LogP contribution in [-0.2, 0) is 9.53 Å². The predicted molar refractivity (Wildman–Crippen MR) is 122 cm³/mol. The van der Waals surface area contributed by atoms with Gasteiger partial charge < -0.3 is 19.4 Å². The van der Waals surface area contributed by atoms with E-state index in [-0.39, 0.29) is 50.7 Å². The van der Waals surface area contributed by atoms with Crippen LogP contribution in [0.3, 0.4) is 0 Å². The Kier molecular flexibility index (Phi) is 6.61. The summed E-state index contributed by atoms with van der Waals surface area (Å²) in [7, 11) is 0. The molecule has 0 saturated carbocycles. The average Bonchev–Trinajstić information content (AvgIpc) is 3.52. The normalized spacial score (nSPS) is 19.1. The monoisotopic (exact) mass is 484 g/mol. The number of nitrogens with zero attached hydrogens (tertiary/aromatic N) is 4. The first kappa shape index (κ1) is 24.0. The van der Waals surface area contributed by atoms with Crippen LogP contribution in [0.4, 0.5) is 20.6 Å². The van der Waals surface area contributed by atoms with E-state index in [1.165, 1.54) is 30.2 Å². The maximum absolute atomic E-state index is 15.1. The zero-order chi connectivity index (χ0) is 25.2.